The van der Waals surface area contributed by atoms with Gasteiger partial charge >= 0.3 is 0 Å². The Kier molecular flexibility index (Phi) is 4.37. The van der Waals surface area contributed by atoms with Gasteiger partial charge in [0, 0.05) is 24.4 Å². The van der Waals surface area contributed by atoms with Crippen LogP contribution >= 0.6 is 0 Å². The lowest BCUT2D eigenvalue weighted by Gasteiger charge is -2.03. The van der Waals surface area contributed by atoms with Crippen molar-refractivity contribution in [3.8, 4) is 0 Å². The summed E-state index contributed by atoms with van der Waals surface area (Å²) in [6, 6.07) is 6.12. The van der Waals surface area contributed by atoms with Crippen molar-refractivity contribution in [2.45, 2.75) is 13.3 Å². The van der Waals surface area contributed by atoms with Gasteiger partial charge in [0.25, 0.3) is 5.91 Å². The molecular formula is C15H16FN3O2. The van der Waals surface area contributed by atoms with E-state index in [1.165, 1.54) is 19.2 Å². The highest BCUT2D eigenvalue weighted by molar-refractivity contribution is 5.99. The van der Waals surface area contributed by atoms with Crippen molar-refractivity contribution in [1.29, 1.82) is 0 Å². The van der Waals surface area contributed by atoms with E-state index < -0.39 is 5.82 Å². The van der Waals surface area contributed by atoms with Crippen molar-refractivity contribution in [1.82, 2.24) is 10.5 Å². The molecule has 1 aromatic heterocycles. The first kappa shape index (κ1) is 14.8. The van der Waals surface area contributed by atoms with Gasteiger partial charge in [-0.25, -0.2) is 4.39 Å². The molecule has 2 rings (SSSR count). The Morgan fingerprint density at radius 1 is 1.48 bits per heavy atom. The summed E-state index contributed by atoms with van der Waals surface area (Å²) in [5, 5.41) is 6.37. The van der Waals surface area contributed by atoms with Crippen LogP contribution in [0.3, 0.4) is 0 Å². The Morgan fingerprint density at radius 2 is 2.19 bits per heavy atom. The van der Waals surface area contributed by atoms with Gasteiger partial charge in [0.2, 0.25) is 0 Å². The molecule has 110 valence electrons. The summed E-state index contributed by atoms with van der Waals surface area (Å²) in [5.41, 5.74) is 7.15. The zero-order valence-electron chi connectivity index (χ0n) is 11.8. The Hall–Kier alpha value is -2.63. The molecule has 0 aliphatic heterocycles. The largest absolute Gasteiger partial charge is 0.398 e. The Balaban J connectivity index is 2.48. The summed E-state index contributed by atoms with van der Waals surface area (Å²) < 4.78 is 18.8. The zero-order chi connectivity index (χ0) is 15.4. The molecule has 21 heavy (non-hydrogen) atoms. The highest BCUT2D eigenvalue weighted by Crippen LogP contribution is 2.21. The standard InChI is InChI=1S/C15H16FN3O2/c1-3-12-14(15(20)18-2)13(21-19-12)8-11(17)9-6-4-5-7-10(9)16/h4-8H,3,17H2,1-2H3,(H,18,20). The molecule has 1 heterocycles. The van der Waals surface area contributed by atoms with Gasteiger partial charge in [0.05, 0.1) is 5.69 Å². The van der Waals surface area contributed by atoms with Crippen molar-refractivity contribution in [2.75, 3.05) is 7.05 Å². The third kappa shape index (κ3) is 2.94. The number of hydrogen-bond donors (Lipinski definition) is 2. The molecular weight excluding hydrogens is 273 g/mol. The van der Waals surface area contributed by atoms with Crippen molar-refractivity contribution in [3.05, 3.63) is 52.7 Å². The van der Waals surface area contributed by atoms with E-state index >= 15 is 0 Å². The highest BCUT2D eigenvalue weighted by Gasteiger charge is 2.20. The number of carbonyl (C=O) groups is 1. The molecule has 2 aromatic rings. The minimum atomic E-state index is -0.442. The molecule has 1 amide bonds. The van der Waals surface area contributed by atoms with E-state index in [9.17, 15) is 9.18 Å². The molecule has 0 atom stereocenters. The minimum Gasteiger partial charge on any atom is -0.398 e. The number of halogens is 1. The Labute approximate surface area is 121 Å². The van der Waals surface area contributed by atoms with Crippen molar-refractivity contribution < 1.29 is 13.7 Å². The average Bonchev–Trinajstić information content (AvgIpc) is 2.89. The van der Waals surface area contributed by atoms with Gasteiger partial charge in [-0.15, -0.1) is 0 Å². The molecule has 0 bridgehead atoms. The summed E-state index contributed by atoms with van der Waals surface area (Å²) in [4.78, 5) is 11.9. The SMILES string of the molecule is CCc1noc(C=C(N)c2ccccc2F)c1C(=O)NC. The number of rotatable bonds is 4. The minimum absolute atomic E-state index is 0.164. The quantitative estimate of drug-likeness (QED) is 0.904. The summed E-state index contributed by atoms with van der Waals surface area (Å²) >= 11 is 0. The molecule has 0 aliphatic carbocycles. The van der Waals surface area contributed by atoms with Crippen LogP contribution in [-0.4, -0.2) is 18.1 Å². The molecule has 0 spiro atoms. The van der Waals surface area contributed by atoms with E-state index in [2.05, 4.69) is 10.5 Å². The topological polar surface area (TPSA) is 81.2 Å². The van der Waals surface area contributed by atoms with Crippen LogP contribution in [0.4, 0.5) is 4.39 Å². The third-order valence-corrected chi connectivity index (χ3v) is 3.05. The molecule has 1 aromatic carbocycles. The molecule has 0 unspecified atom stereocenters. The fraction of sp³-hybridized carbons (Fsp3) is 0.200. The summed E-state index contributed by atoms with van der Waals surface area (Å²) in [6.45, 7) is 1.86. The molecule has 0 saturated heterocycles. The van der Waals surface area contributed by atoms with Crippen LogP contribution in [0.25, 0.3) is 11.8 Å². The second-order valence-electron chi connectivity index (χ2n) is 4.38. The van der Waals surface area contributed by atoms with Gasteiger partial charge in [-0.2, -0.15) is 0 Å². The van der Waals surface area contributed by atoms with E-state index in [4.69, 9.17) is 10.3 Å². The first-order chi connectivity index (χ1) is 10.1. The molecule has 0 radical (unpaired) electrons. The van der Waals surface area contributed by atoms with Crippen molar-refractivity contribution in [2.24, 2.45) is 5.73 Å². The number of hydrogen-bond acceptors (Lipinski definition) is 4. The van der Waals surface area contributed by atoms with E-state index in [-0.39, 0.29) is 22.9 Å². The number of nitrogens with zero attached hydrogens (tertiary/aromatic N) is 1. The molecule has 0 saturated carbocycles. The summed E-state index contributed by atoms with van der Waals surface area (Å²) in [5.74, 6) is -0.546. The van der Waals surface area contributed by atoms with Gasteiger partial charge in [0.15, 0.2) is 5.76 Å². The Morgan fingerprint density at radius 3 is 2.81 bits per heavy atom. The predicted molar refractivity (Wildman–Crippen MR) is 77.7 cm³/mol. The van der Waals surface area contributed by atoms with Crippen LogP contribution in [0.15, 0.2) is 28.8 Å². The lowest BCUT2D eigenvalue weighted by Crippen LogP contribution is -2.19. The van der Waals surface area contributed by atoms with Gasteiger partial charge in [-0.1, -0.05) is 24.2 Å². The van der Waals surface area contributed by atoms with Crippen LogP contribution in [0.1, 0.15) is 34.3 Å². The van der Waals surface area contributed by atoms with Crippen LogP contribution in [-0.2, 0) is 6.42 Å². The highest BCUT2D eigenvalue weighted by atomic mass is 19.1. The lowest BCUT2D eigenvalue weighted by molar-refractivity contribution is 0.0961. The fourth-order valence-electron chi connectivity index (χ4n) is 1.96. The number of aromatic nitrogens is 1. The first-order valence-corrected chi connectivity index (χ1v) is 6.51. The number of aryl methyl sites for hydroxylation is 1. The fourth-order valence-corrected chi connectivity index (χ4v) is 1.96. The number of nitrogens with two attached hydrogens (primary N) is 1. The Bertz CT molecular complexity index is 692. The molecule has 3 N–H and O–H groups in total. The lowest BCUT2D eigenvalue weighted by atomic mass is 10.1. The van der Waals surface area contributed by atoms with E-state index in [0.717, 1.165) is 0 Å². The maximum absolute atomic E-state index is 13.7. The van der Waals surface area contributed by atoms with Crippen LogP contribution in [0, 0.1) is 5.82 Å². The normalized spacial score (nSPS) is 11.5. The average molecular weight is 289 g/mol. The second kappa shape index (κ2) is 6.21. The van der Waals surface area contributed by atoms with Crippen molar-refractivity contribution >= 4 is 17.7 Å². The van der Waals surface area contributed by atoms with Crippen molar-refractivity contribution in [3.63, 3.8) is 0 Å². The van der Waals surface area contributed by atoms with E-state index in [1.807, 2.05) is 6.92 Å². The number of carbonyl (C=O) groups excluding carboxylic acids is 1. The van der Waals surface area contributed by atoms with E-state index in [1.54, 1.807) is 18.2 Å². The maximum Gasteiger partial charge on any atom is 0.256 e. The predicted octanol–water partition coefficient (Wildman–Crippen LogP) is 2.19. The monoisotopic (exact) mass is 289 g/mol. The molecule has 5 nitrogen and oxygen atoms in total. The zero-order valence-corrected chi connectivity index (χ0v) is 11.8. The van der Waals surface area contributed by atoms with Gasteiger partial charge in [-0.3, -0.25) is 4.79 Å². The van der Waals surface area contributed by atoms with Crippen LogP contribution in [0.5, 0.6) is 0 Å². The maximum atomic E-state index is 13.7. The van der Waals surface area contributed by atoms with Crippen LogP contribution in [0.2, 0.25) is 0 Å². The summed E-state index contributed by atoms with van der Waals surface area (Å²) in [6.07, 6.45) is 1.95. The third-order valence-electron chi connectivity index (χ3n) is 3.05. The molecule has 0 aliphatic rings. The van der Waals surface area contributed by atoms with Gasteiger partial charge < -0.3 is 15.6 Å². The van der Waals surface area contributed by atoms with Crippen LogP contribution < -0.4 is 11.1 Å². The van der Waals surface area contributed by atoms with Gasteiger partial charge in [0.1, 0.15) is 11.4 Å². The van der Waals surface area contributed by atoms with Gasteiger partial charge in [-0.05, 0) is 18.6 Å². The summed E-state index contributed by atoms with van der Waals surface area (Å²) in [7, 11) is 1.52. The van der Waals surface area contributed by atoms with E-state index in [0.29, 0.717) is 17.7 Å². The smallest absolute Gasteiger partial charge is 0.256 e. The second-order valence-corrected chi connectivity index (χ2v) is 4.38. The number of nitrogens with one attached hydrogen (secondary N) is 1. The number of benzene rings is 1. The molecule has 6 heteroatoms. The number of amides is 1. The first-order valence-electron chi connectivity index (χ1n) is 6.51. The molecule has 0 fully saturated rings.